The summed E-state index contributed by atoms with van der Waals surface area (Å²) in [5.74, 6) is 0. The highest BCUT2D eigenvalue weighted by molar-refractivity contribution is 7.18. The van der Waals surface area contributed by atoms with Gasteiger partial charge in [0, 0.05) is 5.56 Å². The van der Waals surface area contributed by atoms with Crippen LogP contribution in [0.1, 0.15) is 5.01 Å². The van der Waals surface area contributed by atoms with Crippen molar-refractivity contribution in [3.8, 4) is 33.5 Å². The van der Waals surface area contributed by atoms with Gasteiger partial charge in [-0.2, -0.15) is 5.10 Å². The van der Waals surface area contributed by atoms with Crippen molar-refractivity contribution in [3.05, 3.63) is 94.2 Å². The zero-order valence-electron chi connectivity index (χ0n) is 17.5. The quantitative estimate of drug-likeness (QED) is 0.238. The molecule has 3 aromatic carbocycles. The molecule has 0 aliphatic heterocycles. The minimum atomic E-state index is 0.338. The van der Waals surface area contributed by atoms with Crippen molar-refractivity contribution in [2.75, 3.05) is 0 Å². The van der Waals surface area contributed by atoms with Gasteiger partial charge in [-0.1, -0.05) is 89.9 Å². The van der Waals surface area contributed by atoms with Gasteiger partial charge < -0.3 is 0 Å². The minimum absolute atomic E-state index is 0.338. The molecule has 0 N–H and O–H groups in total. The number of fused-ring (bicyclic) bond motifs is 2. The zero-order valence-corrected chi connectivity index (χ0v) is 19.8. The first kappa shape index (κ1) is 20.4. The lowest BCUT2D eigenvalue weighted by molar-refractivity contribution is 0.946. The summed E-state index contributed by atoms with van der Waals surface area (Å²) < 4.78 is 2.77. The average molecular weight is 487 g/mol. The van der Waals surface area contributed by atoms with Gasteiger partial charge in [0.25, 0.3) is 0 Å². The first-order valence-electron chi connectivity index (χ1n) is 10.4. The van der Waals surface area contributed by atoms with Crippen LogP contribution in [-0.4, -0.2) is 19.6 Å². The molecule has 6 aromatic rings. The number of aryl methyl sites for hydroxylation is 1. The van der Waals surface area contributed by atoms with Crippen LogP contribution in [0.25, 0.3) is 49.4 Å². The van der Waals surface area contributed by atoms with E-state index in [1.807, 2.05) is 79.7 Å². The van der Waals surface area contributed by atoms with Crippen molar-refractivity contribution in [2.45, 2.75) is 6.92 Å². The van der Waals surface area contributed by atoms with Gasteiger partial charge in [0.15, 0.2) is 5.65 Å². The first-order chi connectivity index (χ1) is 16.1. The van der Waals surface area contributed by atoms with Crippen molar-refractivity contribution in [2.24, 2.45) is 0 Å². The molecule has 0 atom stereocenters. The van der Waals surface area contributed by atoms with Crippen molar-refractivity contribution in [1.82, 2.24) is 19.6 Å². The number of aromatic nitrogens is 4. The van der Waals surface area contributed by atoms with E-state index in [0.717, 1.165) is 43.2 Å². The molecule has 0 spiro atoms. The molecule has 4 nitrogen and oxygen atoms in total. The third-order valence-electron chi connectivity index (χ3n) is 5.56. The van der Waals surface area contributed by atoms with E-state index in [9.17, 15) is 0 Å². The summed E-state index contributed by atoms with van der Waals surface area (Å²) in [6, 6.07) is 26.1. The van der Waals surface area contributed by atoms with Crippen molar-refractivity contribution in [1.29, 1.82) is 0 Å². The van der Waals surface area contributed by atoms with E-state index in [2.05, 4.69) is 11.1 Å². The smallest absolute Gasteiger partial charge is 0.166 e. The Hall–Kier alpha value is -3.25. The molecule has 0 aliphatic rings. The highest BCUT2D eigenvalue weighted by atomic mass is 35.5. The average Bonchev–Trinajstić information content (AvgIpc) is 3.40. The number of benzene rings is 3. The maximum atomic E-state index is 6.96. The van der Waals surface area contributed by atoms with Crippen LogP contribution in [0.2, 0.25) is 10.3 Å². The topological polar surface area (TPSA) is 43.1 Å². The molecule has 0 bridgehead atoms. The summed E-state index contributed by atoms with van der Waals surface area (Å²) in [6.07, 6.45) is 0. The Bertz CT molecular complexity index is 1640. The van der Waals surface area contributed by atoms with E-state index in [0.29, 0.717) is 21.5 Å². The number of halogens is 2. The van der Waals surface area contributed by atoms with Gasteiger partial charge in [-0.25, -0.2) is 14.5 Å². The van der Waals surface area contributed by atoms with Crippen LogP contribution in [0.4, 0.5) is 0 Å². The second-order valence-electron chi connectivity index (χ2n) is 7.67. The minimum Gasteiger partial charge on any atom is -0.242 e. The van der Waals surface area contributed by atoms with E-state index < -0.39 is 0 Å². The van der Waals surface area contributed by atoms with Gasteiger partial charge in [-0.3, -0.25) is 0 Å². The second-order valence-corrected chi connectivity index (χ2v) is 9.63. The number of rotatable bonds is 3. The molecular weight excluding hydrogens is 471 g/mol. The van der Waals surface area contributed by atoms with Gasteiger partial charge in [0.1, 0.15) is 16.0 Å². The Morgan fingerprint density at radius 1 is 0.758 bits per heavy atom. The second kappa shape index (κ2) is 7.96. The third-order valence-corrected chi connectivity index (χ3v) is 7.11. The van der Waals surface area contributed by atoms with Gasteiger partial charge >= 0.3 is 0 Å². The SMILES string of the molecule is Cc1nc2ccc(-c3c(Cl)nc4c(-c5ccccc5)c(-c5ccccc5)nn4c3Cl)cc2s1. The maximum absolute atomic E-state index is 6.96. The fraction of sp³-hybridized carbons (Fsp3) is 0.0385. The molecule has 0 fully saturated rings. The van der Waals surface area contributed by atoms with E-state index >= 15 is 0 Å². The number of hydrogen-bond donors (Lipinski definition) is 0. The van der Waals surface area contributed by atoms with Crippen LogP contribution < -0.4 is 0 Å². The largest absolute Gasteiger partial charge is 0.242 e. The fourth-order valence-corrected chi connectivity index (χ4v) is 5.60. The van der Waals surface area contributed by atoms with Crippen LogP contribution >= 0.6 is 34.5 Å². The number of nitrogens with zero attached hydrogens (tertiary/aromatic N) is 4. The molecule has 6 rings (SSSR count). The van der Waals surface area contributed by atoms with E-state index in [-0.39, 0.29) is 0 Å². The molecule has 3 heterocycles. The zero-order chi connectivity index (χ0) is 22.5. The van der Waals surface area contributed by atoms with Crippen LogP contribution in [0.5, 0.6) is 0 Å². The Labute approximate surface area is 204 Å². The lowest BCUT2D eigenvalue weighted by Gasteiger charge is -2.09. The molecule has 0 saturated heterocycles. The maximum Gasteiger partial charge on any atom is 0.166 e. The highest BCUT2D eigenvalue weighted by Gasteiger charge is 2.23. The molecule has 160 valence electrons. The van der Waals surface area contributed by atoms with Crippen molar-refractivity contribution in [3.63, 3.8) is 0 Å². The lowest BCUT2D eigenvalue weighted by Crippen LogP contribution is -1.97. The van der Waals surface area contributed by atoms with Gasteiger partial charge in [0.05, 0.1) is 26.4 Å². The molecule has 0 radical (unpaired) electrons. The predicted molar refractivity (Wildman–Crippen MR) is 137 cm³/mol. The molecular formula is C26H16Cl2N4S. The molecule has 3 aromatic heterocycles. The Morgan fingerprint density at radius 3 is 2.18 bits per heavy atom. The van der Waals surface area contributed by atoms with Gasteiger partial charge in [-0.15, -0.1) is 11.3 Å². The fourth-order valence-electron chi connectivity index (χ4n) is 4.09. The summed E-state index contributed by atoms with van der Waals surface area (Å²) in [4.78, 5) is 9.33. The first-order valence-corrected chi connectivity index (χ1v) is 11.9. The van der Waals surface area contributed by atoms with Crippen LogP contribution in [0.3, 0.4) is 0 Å². The summed E-state index contributed by atoms with van der Waals surface area (Å²) in [7, 11) is 0. The van der Waals surface area contributed by atoms with E-state index in [1.54, 1.807) is 15.9 Å². The predicted octanol–water partition coefficient (Wildman–Crippen LogP) is 7.96. The van der Waals surface area contributed by atoms with Crippen LogP contribution in [0, 0.1) is 6.92 Å². The van der Waals surface area contributed by atoms with Crippen LogP contribution in [-0.2, 0) is 0 Å². The van der Waals surface area contributed by atoms with Crippen LogP contribution in [0.15, 0.2) is 78.9 Å². The molecule has 7 heteroatoms. The Balaban J connectivity index is 1.65. The molecule has 0 saturated carbocycles. The Morgan fingerprint density at radius 2 is 1.45 bits per heavy atom. The standard InChI is InChI=1S/C26H16Cl2N4S/c1-15-29-19-13-12-18(14-20(19)33-15)22-24(27)30-26-21(16-8-4-2-5-9-16)23(31-32(26)25(22)28)17-10-6-3-7-11-17/h2-14H,1H3. The molecule has 0 amide bonds. The monoisotopic (exact) mass is 486 g/mol. The highest BCUT2D eigenvalue weighted by Crippen LogP contribution is 2.41. The summed E-state index contributed by atoms with van der Waals surface area (Å²) in [5.41, 5.74) is 6.79. The lowest BCUT2D eigenvalue weighted by atomic mass is 10.0. The molecule has 33 heavy (non-hydrogen) atoms. The molecule has 0 unspecified atom stereocenters. The number of thiazole rings is 1. The van der Waals surface area contributed by atoms with Crippen molar-refractivity contribution >= 4 is 50.4 Å². The van der Waals surface area contributed by atoms with Gasteiger partial charge in [0.2, 0.25) is 0 Å². The number of hydrogen-bond acceptors (Lipinski definition) is 4. The molecule has 0 aliphatic carbocycles. The van der Waals surface area contributed by atoms with E-state index in [4.69, 9.17) is 33.3 Å². The summed E-state index contributed by atoms with van der Waals surface area (Å²) in [5, 5.41) is 6.68. The van der Waals surface area contributed by atoms with Gasteiger partial charge in [-0.05, 0) is 30.2 Å². The van der Waals surface area contributed by atoms with E-state index in [1.165, 1.54) is 0 Å². The third kappa shape index (κ3) is 3.40. The summed E-state index contributed by atoms with van der Waals surface area (Å²) >= 11 is 15.4. The van der Waals surface area contributed by atoms with Crippen molar-refractivity contribution < 1.29 is 0 Å². The normalized spacial score (nSPS) is 11.5. The Kier molecular flexibility index (Phi) is 4.91. The summed E-state index contributed by atoms with van der Waals surface area (Å²) in [6.45, 7) is 2.00.